The number of para-hydroxylation sites is 2. The molecule has 2 aromatic heterocycles. The Morgan fingerprint density at radius 1 is 0.952 bits per heavy atom. The predicted octanol–water partition coefficient (Wildman–Crippen LogP) is 4.43. The van der Waals surface area contributed by atoms with Crippen molar-refractivity contribution in [3.8, 4) is 10.6 Å². The number of nitrogens with one attached hydrogen (secondary N) is 2. The number of H-pyrrole nitrogens is 1. The molecule has 0 amide bonds. The fourth-order valence-corrected chi connectivity index (χ4v) is 3.18. The molecule has 2 heterocycles. The fourth-order valence-electron chi connectivity index (χ4n) is 2.19. The summed E-state index contributed by atoms with van der Waals surface area (Å²) in [6.45, 7) is 0. The Labute approximate surface area is 125 Å². The highest BCUT2D eigenvalue weighted by molar-refractivity contribution is 7.21. The maximum Gasteiger partial charge on any atom is 0.162 e. The lowest BCUT2D eigenvalue weighted by molar-refractivity contribution is 1.09. The zero-order valence-corrected chi connectivity index (χ0v) is 11.9. The summed E-state index contributed by atoms with van der Waals surface area (Å²) < 4.78 is 1.18. The van der Waals surface area contributed by atoms with Crippen LogP contribution in [0.1, 0.15) is 0 Å². The average Bonchev–Trinajstić information content (AvgIpc) is 3.14. The summed E-state index contributed by atoms with van der Waals surface area (Å²) in [7, 11) is 0. The van der Waals surface area contributed by atoms with E-state index in [1.165, 1.54) is 4.70 Å². The van der Waals surface area contributed by atoms with Crippen LogP contribution < -0.4 is 5.32 Å². The minimum absolute atomic E-state index is 0.792. The number of anilines is 2. The van der Waals surface area contributed by atoms with Crippen molar-refractivity contribution in [2.24, 2.45) is 0 Å². The lowest BCUT2D eigenvalue weighted by Crippen LogP contribution is -1.92. The van der Waals surface area contributed by atoms with Crippen molar-refractivity contribution in [3.63, 3.8) is 0 Å². The van der Waals surface area contributed by atoms with Gasteiger partial charge in [-0.3, -0.25) is 5.10 Å². The highest BCUT2D eigenvalue weighted by atomic mass is 32.1. The molecule has 0 aliphatic heterocycles. The second-order valence-corrected chi connectivity index (χ2v) is 5.66. The predicted molar refractivity (Wildman–Crippen MR) is 86.9 cm³/mol. The van der Waals surface area contributed by atoms with Crippen molar-refractivity contribution in [1.82, 2.24) is 15.2 Å². The fraction of sp³-hybridized carbons (Fsp3) is 0. The Morgan fingerprint density at radius 2 is 1.76 bits per heavy atom. The molecule has 4 nitrogen and oxygen atoms in total. The van der Waals surface area contributed by atoms with Crippen LogP contribution in [-0.2, 0) is 0 Å². The molecular weight excluding hydrogens is 280 g/mol. The van der Waals surface area contributed by atoms with Crippen LogP contribution in [0.4, 0.5) is 11.5 Å². The number of fused-ring (bicyclic) bond motifs is 1. The molecule has 0 spiro atoms. The second kappa shape index (κ2) is 5.03. The molecule has 21 heavy (non-hydrogen) atoms. The van der Waals surface area contributed by atoms with Gasteiger partial charge < -0.3 is 5.32 Å². The summed E-state index contributed by atoms with van der Waals surface area (Å²) >= 11 is 1.67. The summed E-state index contributed by atoms with van der Waals surface area (Å²) in [5.74, 6) is 0.792. The highest BCUT2D eigenvalue weighted by Gasteiger charge is 2.13. The number of benzene rings is 2. The minimum atomic E-state index is 0.792. The van der Waals surface area contributed by atoms with Gasteiger partial charge in [-0.15, -0.1) is 11.3 Å². The molecule has 0 saturated heterocycles. The molecule has 102 valence electrons. The SMILES string of the molecule is c1ccc(Nc2n[nH]cc2-c2nc3ccccc3s2)cc1. The van der Waals surface area contributed by atoms with Crippen LogP contribution in [-0.4, -0.2) is 15.2 Å². The van der Waals surface area contributed by atoms with Gasteiger partial charge in [-0.05, 0) is 24.3 Å². The molecule has 4 aromatic rings. The van der Waals surface area contributed by atoms with Gasteiger partial charge in [0.1, 0.15) is 5.01 Å². The van der Waals surface area contributed by atoms with Gasteiger partial charge in [-0.1, -0.05) is 30.3 Å². The molecule has 5 heteroatoms. The van der Waals surface area contributed by atoms with Crippen molar-refractivity contribution >= 4 is 33.1 Å². The molecule has 0 unspecified atom stereocenters. The number of thiazole rings is 1. The van der Waals surface area contributed by atoms with Crippen LogP contribution in [0.15, 0.2) is 60.8 Å². The molecule has 0 radical (unpaired) electrons. The van der Waals surface area contributed by atoms with E-state index in [2.05, 4.69) is 26.6 Å². The van der Waals surface area contributed by atoms with Gasteiger partial charge in [0.05, 0.1) is 15.8 Å². The normalized spacial score (nSPS) is 10.9. The van der Waals surface area contributed by atoms with Crippen LogP contribution in [0.5, 0.6) is 0 Å². The van der Waals surface area contributed by atoms with E-state index in [4.69, 9.17) is 0 Å². The van der Waals surface area contributed by atoms with Crippen molar-refractivity contribution in [1.29, 1.82) is 0 Å². The van der Waals surface area contributed by atoms with Crippen LogP contribution >= 0.6 is 11.3 Å². The first-order chi connectivity index (χ1) is 10.4. The maximum atomic E-state index is 4.68. The van der Waals surface area contributed by atoms with Gasteiger partial charge in [0, 0.05) is 11.9 Å². The van der Waals surface area contributed by atoms with E-state index in [0.717, 1.165) is 27.6 Å². The van der Waals surface area contributed by atoms with E-state index in [1.807, 2.05) is 54.7 Å². The van der Waals surface area contributed by atoms with Gasteiger partial charge in [-0.2, -0.15) is 5.10 Å². The van der Waals surface area contributed by atoms with Gasteiger partial charge in [0.2, 0.25) is 0 Å². The third kappa shape index (κ3) is 2.28. The molecule has 0 fully saturated rings. The average molecular weight is 292 g/mol. The molecule has 2 N–H and O–H groups in total. The molecule has 0 aliphatic carbocycles. The zero-order valence-electron chi connectivity index (χ0n) is 11.1. The Kier molecular flexibility index (Phi) is 2.90. The number of aromatic amines is 1. The van der Waals surface area contributed by atoms with E-state index >= 15 is 0 Å². The highest BCUT2D eigenvalue weighted by Crippen LogP contribution is 2.34. The van der Waals surface area contributed by atoms with Crippen LogP contribution in [0.3, 0.4) is 0 Å². The van der Waals surface area contributed by atoms with Crippen molar-refractivity contribution in [2.75, 3.05) is 5.32 Å². The first-order valence-electron chi connectivity index (χ1n) is 6.62. The monoisotopic (exact) mass is 292 g/mol. The van der Waals surface area contributed by atoms with Gasteiger partial charge >= 0.3 is 0 Å². The van der Waals surface area contributed by atoms with Crippen LogP contribution in [0.25, 0.3) is 20.8 Å². The van der Waals surface area contributed by atoms with E-state index in [0.29, 0.717) is 0 Å². The number of hydrogen-bond donors (Lipinski definition) is 2. The Balaban J connectivity index is 1.74. The zero-order chi connectivity index (χ0) is 14.1. The van der Waals surface area contributed by atoms with E-state index in [-0.39, 0.29) is 0 Å². The molecule has 0 saturated carbocycles. The molecule has 0 bridgehead atoms. The minimum Gasteiger partial charge on any atom is -0.338 e. The first kappa shape index (κ1) is 12.1. The summed E-state index contributed by atoms with van der Waals surface area (Å²) in [5, 5.41) is 11.5. The number of nitrogens with zero attached hydrogens (tertiary/aromatic N) is 2. The molecule has 4 rings (SSSR count). The Bertz CT molecular complexity index is 846. The van der Waals surface area contributed by atoms with Gasteiger partial charge in [0.25, 0.3) is 0 Å². The maximum absolute atomic E-state index is 4.68. The summed E-state index contributed by atoms with van der Waals surface area (Å²) in [6.07, 6.45) is 1.88. The summed E-state index contributed by atoms with van der Waals surface area (Å²) in [5.41, 5.74) is 3.01. The van der Waals surface area contributed by atoms with Crippen LogP contribution in [0.2, 0.25) is 0 Å². The van der Waals surface area contributed by atoms with Crippen molar-refractivity contribution < 1.29 is 0 Å². The topological polar surface area (TPSA) is 53.6 Å². The van der Waals surface area contributed by atoms with Crippen molar-refractivity contribution in [3.05, 3.63) is 60.8 Å². The largest absolute Gasteiger partial charge is 0.338 e. The Hall–Kier alpha value is -2.66. The van der Waals surface area contributed by atoms with E-state index < -0.39 is 0 Å². The number of hydrogen-bond acceptors (Lipinski definition) is 4. The summed E-state index contributed by atoms with van der Waals surface area (Å²) in [4.78, 5) is 4.68. The number of rotatable bonds is 3. The smallest absolute Gasteiger partial charge is 0.162 e. The summed E-state index contributed by atoms with van der Waals surface area (Å²) in [6, 6.07) is 18.1. The lowest BCUT2D eigenvalue weighted by atomic mass is 10.3. The van der Waals surface area contributed by atoms with Crippen molar-refractivity contribution in [2.45, 2.75) is 0 Å². The lowest BCUT2D eigenvalue weighted by Gasteiger charge is -2.03. The van der Waals surface area contributed by atoms with E-state index in [1.54, 1.807) is 11.3 Å². The molecule has 0 aliphatic rings. The number of aromatic nitrogens is 3. The third-order valence-corrected chi connectivity index (χ3v) is 4.27. The third-order valence-electron chi connectivity index (χ3n) is 3.20. The van der Waals surface area contributed by atoms with E-state index in [9.17, 15) is 0 Å². The molecule has 2 aromatic carbocycles. The molecular formula is C16H12N4S. The first-order valence-corrected chi connectivity index (χ1v) is 7.43. The second-order valence-electron chi connectivity index (χ2n) is 4.63. The quantitative estimate of drug-likeness (QED) is 0.587. The van der Waals surface area contributed by atoms with Crippen LogP contribution in [0, 0.1) is 0 Å². The standard InChI is InChI=1S/C16H12N4S/c1-2-6-11(7-3-1)18-15-12(10-17-20-15)16-19-13-8-4-5-9-14(13)21-16/h1-10H,(H2,17,18,20). The van der Waals surface area contributed by atoms with Gasteiger partial charge in [0.15, 0.2) is 5.82 Å². The molecule has 0 atom stereocenters. The Morgan fingerprint density at radius 3 is 2.62 bits per heavy atom. The van der Waals surface area contributed by atoms with Gasteiger partial charge in [-0.25, -0.2) is 4.98 Å².